The average Bonchev–Trinajstić information content (AvgIpc) is 2.50. The number of benzene rings is 1. The van der Waals surface area contributed by atoms with Gasteiger partial charge in [0.2, 0.25) is 0 Å². The van der Waals surface area contributed by atoms with Crippen LogP contribution in [0.4, 0.5) is 0 Å². The highest BCUT2D eigenvalue weighted by Gasteiger charge is 2.02. The molecule has 0 saturated heterocycles. The van der Waals surface area contributed by atoms with E-state index in [4.69, 9.17) is 14.6 Å². The molecule has 0 amide bonds. The minimum atomic E-state index is 0.186. The summed E-state index contributed by atoms with van der Waals surface area (Å²) in [4.78, 5) is 0. The second-order valence-corrected chi connectivity index (χ2v) is 5.21. The van der Waals surface area contributed by atoms with Crippen LogP contribution < -0.4 is 4.74 Å². The van der Waals surface area contributed by atoms with E-state index in [1.165, 1.54) is 5.56 Å². The number of aryl methyl sites for hydroxylation is 1. The fourth-order valence-corrected chi connectivity index (χ4v) is 2.18. The molecule has 4 nitrogen and oxygen atoms in total. The summed E-state index contributed by atoms with van der Waals surface area (Å²) in [5.41, 5.74) is 1.17. The van der Waals surface area contributed by atoms with Crippen molar-refractivity contribution in [3.8, 4) is 11.5 Å². The number of phenolic OH excluding ortho intramolecular Hbond substituents is 1. The topological polar surface area (TPSA) is 58.9 Å². The summed E-state index contributed by atoms with van der Waals surface area (Å²) >= 11 is 0. The summed E-state index contributed by atoms with van der Waals surface area (Å²) < 4.78 is 10.7. The number of hydrogen-bond donors (Lipinski definition) is 2. The van der Waals surface area contributed by atoms with Crippen LogP contribution in [0.25, 0.3) is 0 Å². The number of rotatable bonds is 12. The van der Waals surface area contributed by atoms with Crippen molar-refractivity contribution in [2.45, 2.75) is 44.9 Å². The number of aliphatic hydroxyl groups excluding tert-OH is 1. The Morgan fingerprint density at radius 1 is 0.952 bits per heavy atom. The van der Waals surface area contributed by atoms with Gasteiger partial charge in [-0.2, -0.15) is 0 Å². The van der Waals surface area contributed by atoms with E-state index in [2.05, 4.69) is 0 Å². The van der Waals surface area contributed by atoms with E-state index in [9.17, 15) is 5.11 Å². The molecule has 0 atom stereocenters. The van der Waals surface area contributed by atoms with Gasteiger partial charge in [-0.05, 0) is 49.8 Å². The Balaban J connectivity index is 2.01. The Morgan fingerprint density at radius 2 is 1.67 bits per heavy atom. The van der Waals surface area contributed by atoms with Gasteiger partial charge in [0.25, 0.3) is 0 Å². The molecule has 21 heavy (non-hydrogen) atoms. The molecule has 0 bridgehead atoms. The van der Waals surface area contributed by atoms with E-state index in [1.54, 1.807) is 13.2 Å². The molecule has 1 rings (SSSR count). The van der Waals surface area contributed by atoms with Gasteiger partial charge in [0, 0.05) is 19.8 Å². The highest BCUT2D eigenvalue weighted by Crippen LogP contribution is 2.26. The van der Waals surface area contributed by atoms with E-state index < -0.39 is 0 Å². The number of aliphatic hydroxyl groups is 1. The lowest BCUT2D eigenvalue weighted by Crippen LogP contribution is -1.98. The van der Waals surface area contributed by atoms with Gasteiger partial charge in [0.1, 0.15) is 0 Å². The Hall–Kier alpha value is -1.26. The molecule has 0 saturated carbocycles. The van der Waals surface area contributed by atoms with Gasteiger partial charge in [-0.25, -0.2) is 0 Å². The van der Waals surface area contributed by atoms with E-state index >= 15 is 0 Å². The summed E-state index contributed by atoms with van der Waals surface area (Å²) in [6.45, 7) is 1.91. The largest absolute Gasteiger partial charge is 0.504 e. The predicted molar refractivity (Wildman–Crippen MR) is 84.0 cm³/mol. The van der Waals surface area contributed by atoms with Crippen LogP contribution in [0.5, 0.6) is 11.5 Å². The van der Waals surface area contributed by atoms with E-state index in [1.807, 2.05) is 12.1 Å². The normalized spacial score (nSPS) is 10.8. The van der Waals surface area contributed by atoms with Crippen LogP contribution in [0.15, 0.2) is 18.2 Å². The summed E-state index contributed by atoms with van der Waals surface area (Å²) in [6.07, 6.45) is 7.27. The predicted octanol–water partition coefficient (Wildman–Crippen LogP) is 3.29. The first kappa shape index (κ1) is 17.8. The molecule has 0 aliphatic heterocycles. The van der Waals surface area contributed by atoms with Crippen molar-refractivity contribution in [2.24, 2.45) is 0 Å². The van der Waals surface area contributed by atoms with Crippen molar-refractivity contribution < 1.29 is 19.7 Å². The molecule has 4 heteroatoms. The second-order valence-electron chi connectivity index (χ2n) is 5.21. The summed E-state index contributed by atoms with van der Waals surface area (Å²) in [5.74, 6) is 0.720. The minimum absolute atomic E-state index is 0.186. The van der Waals surface area contributed by atoms with Gasteiger partial charge >= 0.3 is 0 Å². The molecule has 0 aliphatic rings. The molecule has 2 N–H and O–H groups in total. The average molecular weight is 296 g/mol. The fourth-order valence-electron chi connectivity index (χ4n) is 2.18. The zero-order valence-electron chi connectivity index (χ0n) is 13.0. The molecule has 1 aromatic rings. The minimum Gasteiger partial charge on any atom is -0.504 e. The number of unbranched alkanes of at least 4 members (excludes halogenated alkanes) is 4. The van der Waals surface area contributed by atoms with Crippen LogP contribution in [-0.4, -0.2) is 37.1 Å². The molecule has 0 fully saturated rings. The van der Waals surface area contributed by atoms with Crippen LogP contribution in [-0.2, 0) is 11.2 Å². The van der Waals surface area contributed by atoms with Crippen molar-refractivity contribution in [1.82, 2.24) is 0 Å². The van der Waals surface area contributed by atoms with E-state index in [0.717, 1.165) is 58.2 Å². The zero-order valence-corrected chi connectivity index (χ0v) is 13.0. The smallest absolute Gasteiger partial charge is 0.160 e. The first-order valence-electron chi connectivity index (χ1n) is 7.82. The van der Waals surface area contributed by atoms with Crippen molar-refractivity contribution >= 4 is 0 Å². The molecule has 0 radical (unpaired) electrons. The summed E-state index contributed by atoms with van der Waals surface area (Å²) in [5, 5.41) is 18.2. The third kappa shape index (κ3) is 7.93. The highest BCUT2D eigenvalue weighted by atomic mass is 16.5. The SMILES string of the molecule is COc1cc(CCCCOCCCCCCO)ccc1O. The van der Waals surface area contributed by atoms with Crippen LogP contribution in [0.2, 0.25) is 0 Å². The maximum atomic E-state index is 9.52. The molecular formula is C17H28O4. The van der Waals surface area contributed by atoms with Gasteiger partial charge in [0.05, 0.1) is 7.11 Å². The molecule has 120 valence electrons. The van der Waals surface area contributed by atoms with Crippen LogP contribution >= 0.6 is 0 Å². The third-order valence-electron chi connectivity index (χ3n) is 3.45. The van der Waals surface area contributed by atoms with E-state index in [0.29, 0.717) is 12.4 Å². The van der Waals surface area contributed by atoms with Gasteiger partial charge in [-0.15, -0.1) is 0 Å². The number of hydrogen-bond acceptors (Lipinski definition) is 4. The summed E-state index contributed by atoms with van der Waals surface area (Å²) in [7, 11) is 1.56. The lowest BCUT2D eigenvalue weighted by atomic mass is 10.1. The van der Waals surface area contributed by atoms with Crippen LogP contribution in [0.3, 0.4) is 0 Å². The molecular weight excluding hydrogens is 268 g/mol. The van der Waals surface area contributed by atoms with Crippen LogP contribution in [0.1, 0.15) is 44.1 Å². The van der Waals surface area contributed by atoms with Gasteiger partial charge < -0.3 is 19.7 Å². The second kappa shape index (κ2) is 11.4. The van der Waals surface area contributed by atoms with Crippen LogP contribution in [0, 0.1) is 0 Å². The Bertz CT molecular complexity index is 379. The van der Waals surface area contributed by atoms with Crippen molar-refractivity contribution in [3.63, 3.8) is 0 Å². The zero-order chi connectivity index (χ0) is 15.3. The number of methoxy groups -OCH3 is 1. The third-order valence-corrected chi connectivity index (χ3v) is 3.45. The molecule has 0 unspecified atom stereocenters. The lowest BCUT2D eigenvalue weighted by Gasteiger charge is -2.07. The Labute approximate surface area is 127 Å². The summed E-state index contributed by atoms with van der Waals surface area (Å²) in [6, 6.07) is 5.49. The fraction of sp³-hybridized carbons (Fsp3) is 0.647. The molecule has 0 aliphatic carbocycles. The maximum absolute atomic E-state index is 9.52. The Morgan fingerprint density at radius 3 is 2.38 bits per heavy atom. The van der Waals surface area contributed by atoms with Crippen molar-refractivity contribution in [1.29, 1.82) is 0 Å². The number of aromatic hydroxyl groups is 1. The monoisotopic (exact) mass is 296 g/mol. The Kier molecular flexibility index (Phi) is 9.66. The molecule has 0 heterocycles. The van der Waals surface area contributed by atoms with Gasteiger partial charge in [-0.1, -0.05) is 18.9 Å². The van der Waals surface area contributed by atoms with Crippen molar-refractivity contribution in [2.75, 3.05) is 26.9 Å². The van der Waals surface area contributed by atoms with E-state index in [-0.39, 0.29) is 5.75 Å². The lowest BCUT2D eigenvalue weighted by molar-refractivity contribution is 0.126. The quantitative estimate of drug-likeness (QED) is 0.581. The highest BCUT2D eigenvalue weighted by molar-refractivity contribution is 5.41. The standard InChI is InChI=1S/C17H28O4/c1-20-17-14-15(9-10-16(17)19)8-4-7-13-21-12-6-3-2-5-11-18/h9-10,14,18-19H,2-8,11-13H2,1H3. The molecule has 0 aromatic heterocycles. The first-order chi connectivity index (χ1) is 10.3. The maximum Gasteiger partial charge on any atom is 0.160 e. The number of ether oxygens (including phenoxy) is 2. The van der Waals surface area contributed by atoms with Gasteiger partial charge in [0.15, 0.2) is 11.5 Å². The van der Waals surface area contributed by atoms with Gasteiger partial charge in [-0.3, -0.25) is 0 Å². The molecule has 0 spiro atoms. The van der Waals surface area contributed by atoms with Crippen molar-refractivity contribution in [3.05, 3.63) is 23.8 Å². The number of phenols is 1. The molecule has 1 aromatic carbocycles. The first-order valence-corrected chi connectivity index (χ1v) is 7.82.